The van der Waals surface area contributed by atoms with E-state index in [1.54, 1.807) is 0 Å². The molecule has 1 saturated carbocycles. The lowest BCUT2D eigenvalue weighted by Crippen LogP contribution is -2.21. The molecular formula is C15H21NO. The maximum atomic E-state index is 11.5. The second-order valence-corrected chi connectivity index (χ2v) is 5.01. The fraction of sp³-hybridized carbons (Fsp3) is 0.533. The van der Waals surface area contributed by atoms with E-state index in [4.69, 9.17) is 0 Å². The van der Waals surface area contributed by atoms with Gasteiger partial charge in [0.05, 0.1) is 0 Å². The van der Waals surface area contributed by atoms with Gasteiger partial charge in [-0.05, 0) is 43.0 Å². The van der Waals surface area contributed by atoms with Crippen LogP contribution >= 0.6 is 0 Å². The summed E-state index contributed by atoms with van der Waals surface area (Å²) < 4.78 is 0. The molecule has 2 nitrogen and oxygen atoms in total. The van der Waals surface area contributed by atoms with Crippen LogP contribution in [0.5, 0.6) is 0 Å². The van der Waals surface area contributed by atoms with Crippen molar-refractivity contribution in [1.82, 2.24) is 0 Å². The molecule has 1 N–H and O–H groups in total. The predicted octanol–water partition coefficient (Wildman–Crippen LogP) is 3.88. The number of carbonyl (C=O) groups excluding carboxylic acids is 1. The van der Waals surface area contributed by atoms with Gasteiger partial charge in [0.2, 0.25) is 0 Å². The normalized spacial score (nSPS) is 23.6. The lowest BCUT2D eigenvalue weighted by Gasteiger charge is -2.18. The molecule has 2 heteroatoms. The number of hydrogen-bond donors (Lipinski definition) is 1. The third kappa shape index (κ3) is 2.87. The van der Waals surface area contributed by atoms with Crippen molar-refractivity contribution in [1.29, 1.82) is 0 Å². The van der Waals surface area contributed by atoms with Crippen molar-refractivity contribution in [3.63, 3.8) is 0 Å². The summed E-state index contributed by atoms with van der Waals surface area (Å²) in [4.78, 5) is 11.5. The van der Waals surface area contributed by atoms with Crippen LogP contribution in [-0.4, -0.2) is 11.8 Å². The molecule has 2 unspecified atom stereocenters. The standard InChI is InChI=1S/C15H21NO/c1-3-15(17)12-7-9-13(10-8-12)16-14-6-4-5-11(14)2/h7-11,14,16H,3-6H2,1-2H3. The minimum atomic E-state index is 0.214. The molecular weight excluding hydrogens is 210 g/mol. The fourth-order valence-electron chi connectivity index (χ4n) is 2.53. The lowest BCUT2D eigenvalue weighted by atomic mass is 10.1. The van der Waals surface area contributed by atoms with Crippen LogP contribution in [0.3, 0.4) is 0 Å². The van der Waals surface area contributed by atoms with Gasteiger partial charge in [0, 0.05) is 23.7 Å². The number of carbonyl (C=O) groups is 1. The van der Waals surface area contributed by atoms with E-state index in [1.165, 1.54) is 19.3 Å². The van der Waals surface area contributed by atoms with Crippen molar-refractivity contribution in [2.75, 3.05) is 5.32 Å². The summed E-state index contributed by atoms with van der Waals surface area (Å²) in [6.45, 7) is 4.20. The molecule has 2 atom stereocenters. The van der Waals surface area contributed by atoms with Crippen molar-refractivity contribution < 1.29 is 4.79 Å². The van der Waals surface area contributed by atoms with Crippen LogP contribution in [0.1, 0.15) is 49.9 Å². The number of anilines is 1. The monoisotopic (exact) mass is 231 g/mol. The van der Waals surface area contributed by atoms with Crippen LogP contribution in [0.25, 0.3) is 0 Å². The van der Waals surface area contributed by atoms with Crippen molar-refractivity contribution >= 4 is 11.5 Å². The molecule has 1 aliphatic rings. The molecule has 1 aromatic carbocycles. The van der Waals surface area contributed by atoms with Gasteiger partial charge in [-0.2, -0.15) is 0 Å². The Hall–Kier alpha value is -1.31. The maximum Gasteiger partial charge on any atom is 0.162 e. The molecule has 0 amide bonds. The predicted molar refractivity (Wildman–Crippen MR) is 71.5 cm³/mol. The average Bonchev–Trinajstić information content (AvgIpc) is 2.75. The molecule has 0 aliphatic heterocycles. The minimum absolute atomic E-state index is 0.214. The van der Waals surface area contributed by atoms with Gasteiger partial charge in [0.1, 0.15) is 0 Å². The number of hydrogen-bond acceptors (Lipinski definition) is 2. The Balaban J connectivity index is 2.00. The number of rotatable bonds is 4. The van der Waals surface area contributed by atoms with E-state index in [2.05, 4.69) is 12.2 Å². The van der Waals surface area contributed by atoms with Crippen LogP contribution in [0.4, 0.5) is 5.69 Å². The van der Waals surface area contributed by atoms with Gasteiger partial charge in [0.15, 0.2) is 5.78 Å². The van der Waals surface area contributed by atoms with Gasteiger partial charge < -0.3 is 5.32 Å². The maximum absolute atomic E-state index is 11.5. The van der Waals surface area contributed by atoms with Gasteiger partial charge in [-0.1, -0.05) is 20.3 Å². The highest BCUT2D eigenvalue weighted by molar-refractivity contribution is 5.96. The first-order valence-electron chi connectivity index (χ1n) is 6.60. The van der Waals surface area contributed by atoms with Gasteiger partial charge >= 0.3 is 0 Å². The van der Waals surface area contributed by atoms with Crippen LogP contribution < -0.4 is 5.32 Å². The molecule has 0 radical (unpaired) electrons. The summed E-state index contributed by atoms with van der Waals surface area (Å²) in [5.41, 5.74) is 1.95. The van der Waals surface area contributed by atoms with Gasteiger partial charge in [0.25, 0.3) is 0 Å². The van der Waals surface area contributed by atoms with Gasteiger partial charge in [-0.3, -0.25) is 4.79 Å². The Morgan fingerprint density at radius 3 is 2.53 bits per heavy atom. The third-order valence-corrected chi connectivity index (χ3v) is 3.74. The Labute approximate surface area is 103 Å². The number of ketones is 1. The molecule has 0 aromatic heterocycles. The summed E-state index contributed by atoms with van der Waals surface area (Å²) in [7, 11) is 0. The first kappa shape index (κ1) is 12.2. The molecule has 92 valence electrons. The van der Waals surface area contributed by atoms with E-state index < -0.39 is 0 Å². The van der Waals surface area contributed by atoms with Crippen molar-refractivity contribution in [2.45, 2.75) is 45.6 Å². The molecule has 0 spiro atoms. The molecule has 1 aromatic rings. The molecule has 1 fully saturated rings. The summed E-state index contributed by atoms with van der Waals surface area (Å²) in [6.07, 6.45) is 4.48. The van der Waals surface area contributed by atoms with Gasteiger partial charge in [-0.15, -0.1) is 0 Å². The number of nitrogens with one attached hydrogen (secondary N) is 1. The molecule has 0 bridgehead atoms. The zero-order valence-corrected chi connectivity index (χ0v) is 10.7. The fourth-order valence-corrected chi connectivity index (χ4v) is 2.53. The van der Waals surface area contributed by atoms with E-state index in [1.807, 2.05) is 31.2 Å². The van der Waals surface area contributed by atoms with Crippen LogP contribution in [-0.2, 0) is 0 Å². The SMILES string of the molecule is CCC(=O)c1ccc(NC2CCCC2C)cc1. The minimum Gasteiger partial charge on any atom is -0.382 e. The quantitative estimate of drug-likeness (QED) is 0.797. The van der Waals surface area contributed by atoms with Gasteiger partial charge in [-0.25, -0.2) is 0 Å². The zero-order valence-electron chi connectivity index (χ0n) is 10.7. The van der Waals surface area contributed by atoms with E-state index in [-0.39, 0.29) is 5.78 Å². The molecule has 1 aliphatic carbocycles. The summed E-state index contributed by atoms with van der Waals surface area (Å²) in [5, 5.41) is 3.56. The van der Waals surface area contributed by atoms with E-state index >= 15 is 0 Å². The molecule has 17 heavy (non-hydrogen) atoms. The first-order chi connectivity index (χ1) is 8.20. The Morgan fingerprint density at radius 1 is 1.29 bits per heavy atom. The highest BCUT2D eigenvalue weighted by atomic mass is 16.1. The zero-order chi connectivity index (χ0) is 12.3. The second-order valence-electron chi connectivity index (χ2n) is 5.01. The number of benzene rings is 1. The smallest absolute Gasteiger partial charge is 0.162 e. The largest absolute Gasteiger partial charge is 0.382 e. The van der Waals surface area contributed by atoms with Crippen molar-refractivity contribution in [3.8, 4) is 0 Å². The van der Waals surface area contributed by atoms with E-state index in [0.717, 1.165) is 17.2 Å². The molecule has 0 saturated heterocycles. The topological polar surface area (TPSA) is 29.1 Å². The van der Waals surface area contributed by atoms with Crippen molar-refractivity contribution in [3.05, 3.63) is 29.8 Å². The number of Topliss-reactive ketones (excluding diaryl/α,β-unsaturated/α-hetero) is 1. The Bertz CT molecular complexity index is 382. The molecule has 2 rings (SSSR count). The van der Waals surface area contributed by atoms with Crippen molar-refractivity contribution in [2.24, 2.45) is 5.92 Å². The summed E-state index contributed by atoms with van der Waals surface area (Å²) in [6, 6.07) is 8.49. The van der Waals surface area contributed by atoms with Crippen LogP contribution in [0, 0.1) is 5.92 Å². The van der Waals surface area contributed by atoms with E-state index in [9.17, 15) is 4.79 Å². The summed E-state index contributed by atoms with van der Waals surface area (Å²) >= 11 is 0. The second kappa shape index (κ2) is 5.35. The summed E-state index contributed by atoms with van der Waals surface area (Å²) in [5.74, 6) is 0.970. The molecule has 0 heterocycles. The Morgan fingerprint density at radius 2 is 2.00 bits per heavy atom. The van der Waals surface area contributed by atoms with E-state index in [0.29, 0.717) is 12.5 Å². The Kier molecular flexibility index (Phi) is 3.82. The highest BCUT2D eigenvalue weighted by Crippen LogP contribution is 2.28. The third-order valence-electron chi connectivity index (χ3n) is 3.74. The van der Waals surface area contributed by atoms with Crippen LogP contribution in [0.15, 0.2) is 24.3 Å². The van der Waals surface area contributed by atoms with Crippen LogP contribution in [0.2, 0.25) is 0 Å². The first-order valence-corrected chi connectivity index (χ1v) is 6.60. The lowest BCUT2D eigenvalue weighted by molar-refractivity contribution is 0.0988. The highest BCUT2D eigenvalue weighted by Gasteiger charge is 2.22. The average molecular weight is 231 g/mol.